The minimum Gasteiger partial charge on any atom is -0.472 e. The summed E-state index contributed by atoms with van der Waals surface area (Å²) in [5.74, 6) is -5.08. The monoisotopic (exact) mass is 626 g/mol. The van der Waals surface area contributed by atoms with Crippen LogP contribution in [0.1, 0.15) is 85.8 Å². The summed E-state index contributed by atoms with van der Waals surface area (Å²) in [4.78, 5) is 67.0. The topological polar surface area (TPSA) is 156 Å². The first kappa shape index (κ1) is 32.7. The number of ketones is 1. The number of fused-ring (bicyclic) bond motifs is 5. The summed E-state index contributed by atoms with van der Waals surface area (Å²) < 4.78 is 27.9. The van der Waals surface area contributed by atoms with E-state index in [-0.39, 0.29) is 18.4 Å². The summed E-state index contributed by atoms with van der Waals surface area (Å²) in [6, 6.07) is 1.74. The molecule has 11 nitrogen and oxygen atoms in total. The number of Topliss-reactive ketones (excluding diaryl/α,β-unsaturated/α-hetero) is 1. The zero-order valence-corrected chi connectivity index (χ0v) is 27.1. The van der Waals surface area contributed by atoms with Gasteiger partial charge in [-0.25, -0.2) is 9.59 Å². The molecule has 4 aliphatic rings. The first-order valence-electron chi connectivity index (χ1n) is 15.3. The van der Waals surface area contributed by atoms with Gasteiger partial charge in [0.1, 0.15) is 12.2 Å². The molecule has 244 valence electrons. The van der Waals surface area contributed by atoms with E-state index < -0.39 is 81.7 Å². The third-order valence-corrected chi connectivity index (χ3v) is 11.1. The second kappa shape index (κ2) is 11.0. The van der Waals surface area contributed by atoms with Crippen molar-refractivity contribution in [3.8, 4) is 0 Å². The number of rotatable bonds is 6. The summed E-state index contributed by atoms with van der Waals surface area (Å²) >= 11 is 0. The Kier molecular flexibility index (Phi) is 7.95. The molecule has 3 aliphatic carbocycles. The maximum absolute atomic E-state index is 14.8. The van der Waals surface area contributed by atoms with E-state index in [1.165, 1.54) is 12.5 Å². The average molecular weight is 627 g/mol. The molecule has 45 heavy (non-hydrogen) atoms. The largest absolute Gasteiger partial charge is 0.472 e. The third kappa shape index (κ3) is 4.68. The Labute approximate surface area is 262 Å². The van der Waals surface area contributed by atoms with Crippen molar-refractivity contribution in [3.63, 3.8) is 0 Å². The highest BCUT2D eigenvalue weighted by Crippen LogP contribution is 2.69. The van der Waals surface area contributed by atoms with Gasteiger partial charge in [-0.05, 0) is 44.2 Å². The molecule has 2 heterocycles. The van der Waals surface area contributed by atoms with Gasteiger partial charge in [-0.1, -0.05) is 39.3 Å². The van der Waals surface area contributed by atoms with Gasteiger partial charge in [-0.2, -0.15) is 0 Å². The average Bonchev–Trinajstić information content (AvgIpc) is 3.51. The van der Waals surface area contributed by atoms with Gasteiger partial charge in [0.2, 0.25) is 6.10 Å². The third-order valence-electron chi connectivity index (χ3n) is 11.1. The van der Waals surface area contributed by atoms with Gasteiger partial charge < -0.3 is 28.5 Å². The predicted octanol–water partition coefficient (Wildman–Crippen LogP) is 4.33. The number of aliphatic hydroxyl groups is 1. The van der Waals surface area contributed by atoms with Crippen molar-refractivity contribution in [1.29, 1.82) is 0 Å². The Morgan fingerprint density at radius 3 is 2.40 bits per heavy atom. The molecule has 1 aromatic rings. The van der Waals surface area contributed by atoms with Crippen molar-refractivity contribution >= 4 is 29.7 Å². The van der Waals surface area contributed by atoms with Crippen molar-refractivity contribution in [2.24, 2.45) is 28.1 Å². The van der Waals surface area contributed by atoms with Gasteiger partial charge in [-0.15, -0.1) is 0 Å². The number of methoxy groups -OCH3 is 1. The second-order valence-electron chi connectivity index (χ2n) is 13.9. The fraction of sp³-hybridized carbons (Fsp3) is 0.618. The summed E-state index contributed by atoms with van der Waals surface area (Å²) in [7, 11) is 1.16. The summed E-state index contributed by atoms with van der Waals surface area (Å²) in [5, 5.41) is 12.6. The molecule has 0 unspecified atom stereocenters. The van der Waals surface area contributed by atoms with E-state index >= 15 is 0 Å². The van der Waals surface area contributed by atoms with Crippen LogP contribution in [0.4, 0.5) is 0 Å². The first-order chi connectivity index (χ1) is 21.0. The first-order valence-corrected chi connectivity index (χ1v) is 15.3. The smallest absolute Gasteiger partial charge is 0.347 e. The lowest BCUT2D eigenvalue weighted by atomic mass is 9.39. The fourth-order valence-corrected chi connectivity index (χ4v) is 9.09. The van der Waals surface area contributed by atoms with Crippen LogP contribution in [0.3, 0.4) is 0 Å². The summed E-state index contributed by atoms with van der Waals surface area (Å²) in [6.07, 6.45) is 1.65. The number of hydrogen-bond acceptors (Lipinski definition) is 11. The number of carbonyl (C=O) groups excluding carboxylic acids is 5. The molecule has 3 fully saturated rings. The van der Waals surface area contributed by atoms with E-state index in [9.17, 15) is 29.1 Å². The maximum atomic E-state index is 14.8. The lowest BCUT2D eigenvalue weighted by Crippen LogP contribution is -2.77. The van der Waals surface area contributed by atoms with Gasteiger partial charge >= 0.3 is 23.9 Å². The number of esters is 4. The molecule has 0 radical (unpaired) electrons. The maximum Gasteiger partial charge on any atom is 0.347 e. The Hall–Kier alpha value is -3.73. The van der Waals surface area contributed by atoms with E-state index in [1.54, 1.807) is 46.8 Å². The van der Waals surface area contributed by atoms with Crippen molar-refractivity contribution in [3.05, 3.63) is 47.0 Å². The van der Waals surface area contributed by atoms with Gasteiger partial charge in [0.05, 0.1) is 26.1 Å². The van der Waals surface area contributed by atoms with E-state index in [4.69, 9.17) is 23.4 Å². The van der Waals surface area contributed by atoms with Crippen molar-refractivity contribution in [1.82, 2.24) is 0 Å². The van der Waals surface area contributed by atoms with Gasteiger partial charge in [0, 0.05) is 46.6 Å². The second-order valence-corrected chi connectivity index (χ2v) is 13.9. The molecule has 8 atom stereocenters. The summed E-state index contributed by atoms with van der Waals surface area (Å²) in [6.45, 7) is 11.5. The minimum atomic E-state index is -2.22. The van der Waals surface area contributed by atoms with Crippen LogP contribution in [-0.4, -0.2) is 59.7 Å². The Morgan fingerprint density at radius 2 is 1.82 bits per heavy atom. The quantitative estimate of drug-likeness (QED) is 0.208. The molecule has 2 bridgehead atoms. The van der Waals surface area contributed by atoms with E-state index in [1.807, 2.05) is 6.92 Å². The highest BCUT2D eigenvalue weighted by molar-refractivity contribution is 5.99. The zero-order valence-electron chi connectivity index (χ0n) is 27.1. The Morgan fingerprint density at radius 1 is 1.13 bits per heavy atom. The SMILES string of the molecule is C/C=C(\C)C(=O)O[C@H]1C(C)(C)[C@H]([C@H](OC(C)=O)C(=O)OC)[C@]2(C)C(=O)[C@]1(O)CC1=C3CC(=O)O[C@H](c4ccoc4)[C@]3(C)CC[C@@H]12. The molecule has 0 spiro atoms. The molecule has 2 saturated carbocycles. The Bertz CT molecular complexity index is 1500. The van der Waals surface area contributed by atoms with Crippen LogP contribution in [-0.2, 0) is 42.9 Å². The minimum absolute atomic E-state index is 0.0579. The molecule has 1 N–H and O–H groups in total. The fourth-order valence-electron chi connectivity index (χ4n) is 9.09. The van der Waals surface area contributed by atoms with Crippen LogP contribution in [0.15, 0.2) is 45.8 Å². The predicted molar refractivity (Wildman–Crippen MR) is 157 cm³/mol. The van der Waals surface area contributed by atoms with Crippen LogP contribution in [0.5, 0.6) is 0 Å². The Balaban J connectivity index is 1.79. The number of ether oxygens (including phenoxy) is 4. The van der Waals surface area contributed by atoms with E-state index in [0.717, 1.165) is 19.6 Å². The van der Waals surface area contributed by atoms with Crippen molar-refractivity contribution < 1.29 is 52.4 Å². The molecular formula is C34H42O11. The molecule has 0 amide bonds. The molecule has 5 rings (SSSR count). The van der Waals surface area contributed by atoms with Crippen molar-refractivity contribution in [2.45, 2.75) is 98.1 Å². The van der Waals surface area contributed by atoms with Gasteiger partial charge in [-0.3, -0.25) is 14.4 Å². The van der Waals surface area contributed by atoms with Gasteiger partial charge in [0.15, 0.2) is 11.4 Å². The number of hydrogen-bond donors (Lipinski definition) is 1. The molecule has 11 heteroatoms. The molecular weight excluding hydrogens is 584 g/mol. The standard InChI is InChI=1S/C34H42O11/c1-9-17(2)27(37)45-30-31(4,5)25(24(28(38)41-8)43-18(3)35)33(7)21-10-12-32(6)22(20(21)15-34(30,40)29(33)39)14-23(36)44-26(32)19-11-13-42-16-19/h9,11,13,16,21,24-26,30,40H,10,12,14-15H2,1-8H3/b17-9+/t21-,24-,25-,26+,30-,32+,33+,34+/m0/s1. The van der Waals surface area contributed by atoms with E-state index in [0.29, 0.717) is 24.0 Å². The highest BCUT2D eigenvalue weighted by atomic mass is 16.6. The van der Waals surface area contributed by atoms with E-state index in [2.05, 4.69) is 0 Å². The highest BCUT2D eigenvalue weighted by Gasteiger charge is 2.76. The number of furan rings is 1. The van der Waals surface area contributed by atoms with Crippen molar-refractivity contribution in [2.75, 3.05) is 7.11 Å². The van der Waals surface area contributed by atoms with Crippen LogP contribution >= 0.6 is 0 Å². The number of cyclic esters (lactones) is 1. The zero-order chi connectivity index (χ0) is 33.3. The lowest BCUT2D eigenvalue weighted by Gasteiger charge is -2.66. The van der Waals surface area contributed by atoms with Crippen LogP contribution in [0, 0.1) is 28.1 Å². The normalized spacial score (nSPS) is 36.2. The van der Waals surface area contributed by atoms with Crippen LogP contribution in [0.25, 0.3) is 0 Å². The lowest BCUT2D eigenvalue weighted by molar-refractivity contribution is -0.247. The molecule has 1 aliphatic heterocycles. The van der Waals surface area contributed by atoms with Crippen LogP contribution in [0.2, 0.25) is 0 Å². The molecule has 1 saturated heterocycles. The van der Waals surface area contributed by atoms with Crippen LogP contribution < -0.4 is 0 Å². The number of allylic oxidation sites excluding steroid dienone is 1. The number of carbonyl (C=O) groups is 5. The molecule has 0 aromatic carbocycles. The summed E-state index contributed by atoms with van der Waals surface area (Å²) in [5.41, 5.74) is -3.33. The molecule has 1 aromatic heterocycles. The van der Waals surface area contributed by atoms with Gasteiger partial charge in [0.25, 0.3) is 0 Å².